The predicted molar refractivity (Wildman–Crippen MR) is 133 cm³/mol. The first kappa shape index (κ1) is 19.0. The van der Waals surface area contributed by atoms with Crippen LogP contribution in [-0.2, 0) is 6.54 Å². The van der Waals surface area contributed by atoms with Crippen LogP contribution < -0.4 is 10.6 Å². The van der Waals surface area contributed by atoms with Crippen molar-refractivity contribution in [2.75, 3.05) is 5.32 Å². The number of fused-ring (bicyclic) bond motifs is 3. The van der Waals surface area contributed by atoms with Gasteiger partial charge in [-0.25, -0.2) is 0 Å². The van der Waals surface area contributed by atoms with Crippen LogP contribution in [0.4, 0.5) is 5.69 Å². The van der Waals surface area contributed by atoms with Gasteiger partial charge in [0, 0.05) is 29.9 Å². The quantitative estimate of drug-likeness (QED) is 0.292. The van der Waals surface area contributed by atoms with E-state index in [1.165, 1.54) is 38.2 Å². The van der Waals surface area contributed by atoms with Gasteiger partial charge in [0.2, 0.25) is 0 Å². The molecule has 0 bridgehead atoms. The van der Waals surface area contributed by atoms with Crippen LogP contribution in [0.2, 0.25) is 0 Å². The van der Waals surface area contributed by atoms with Crippen LogP contribution in [0.5, 0.6) is 0 Å². The van der Waals surface area contributed by atoms with Gasteiger partial charge in [-0.05, 0) is 27.3 Å². The van der Waals surface area contributed by atoms with Crippen LogP contribution in [0.15, 0.2) is 122 Å². The Morgan fingerprint density at radius 2 is 1.06 bits per heavy atom. The highest BCUT2D eigenvalue weighted by molar-refractivity contribution is 6.20. The van der Waals surface area contributed by atoms with E-state index in [2.05, 4.69) is 114 Å². The van der Waals surface area contributed by atoms with Crippen molar-refractivity contribution in [2.45, 2.75) is 6.54 Å². The molecule has 0 aromatic heterocycles. The number of hydrogen-bond acceptors (Lipinski definition) is 2. The Kier molecular flexibility index (Phi) is 5.36. The van der Waals surface area contributed by atoms with E-state index in [4.69, 9.17) is 0 Å². The first-order valence-electron chi connectivity index (χ1n) is 10.6. The summed E-state index contributed by atoms with van der Waals surface area (Å²) >= 11 is 0. The highest BCUT2D eigenvalue weighted by atomic mass is 14.9. The van der Waals surface area contributed by atoms with E-state index in [0.29, 0.717) is 0 Å². The molecule has 5 rings (SSSR count). The lowest BCUT2D eigenvalue weighted by Crippen LogP contribution is -2.05. The molecule has 0 aliphatic heterocycles. The highest BCUT2D eigenvalue weighted by Crippen LogP contribution is 2.42. The minimum atomic E-state index is 0.795. The summed E-state index contributed by atoms with van der Waals surface area (Å²) in [6.45, 7) is 0.795. The Morgan fingerprint density at radius 3 is 1.77 bits per heavy atom. The molecule has 2 nitrogen and oxygen atoms in total. The summed E-state index contributed by atoms with van der Waals surface area (Å²) in [5.74, 6) is 0. The molecule has 0 spiro atoms. The van der Waals surface area contributed by atoms with Crippen LogP contribution in [0, 0.1) is 0 Å². The summed E-state index contributed by atoms with van der Waals surface area (Å²) in [5.41, 5.74) is 4.81. The Morgan fingerprint density at radius 1 is 0.516 bits per heavy atom. The molecule has 31 heavy (non-hydrogen) atoms. The Hall–Kier alpha value is -4.04. The summed E-state index contributed by atoms with van der Waals surface area (Å²) in [7, 11) is 0. The van der Waals surface area contributed by atoms with Crippen molar-refractivity contribution in [1.29, 1.82) is 0 Å². The van der Waals surface area contributed by atoms with Crippen LogP contribution >= 0.6 is 0 Å². The number of anilines is 1. The van der Waals surface area contributed by atoms with E-state index >= 15 is 0 Å². The van der Waals surface area contributed by atoms with Gasteiger partial charge in [-0.2, -0.15) is 0 Å². The van der Waals surface area contributed by atoms with Crippen molar-refractivity contribution in [2.24, 2.45) is 0 Å². The molecule has 0 saturated carbocycles. The van der Waals surface area contributed by atoms with Gasteiger partial charge in [0.1, 0.15) is 0 Å². The molecule has 2 N–H and O–H groups in total. The third-order valence-corrected chi connectivity index (χ3v) is 5.57. The average Bonchev–Trinajstić information content (AvgIpc) is 2.85. The van der Waals surface area contributed by atoms with Crippen molar-refractivity contribution < 1.29 is 0 Å². The first-order valence-corrected chi connectivity index (χ1v) is 10.6. The van der Waals surface area contributed by atoms with E-state index in [1.54, 1.807) is 0 Å². The van der Waals surface area contributed by atoms with Crippen molar-refractivity contribution in [3.8, 4) is 11.1 Å². The molecule has 2 heteroatoms. The largest absolute Gasteiger partial charge is 0.386 e. The second-order valence-electron chi connectivity index (χ2n) is 7.55. The molecule has 0 fully saturated rings. The third kappa shape index (κ3) is 3.88. The Bertz CT molecular complexity index is 1340. The average molecular weight is 401 g/mol. The normalized spacial score (nSPS) is 11.2. The zero-order valence-electron chi connectivity index (χ0n) is 17.3. The molecular weight excluding hydrogens is 376 g/mol. The molecule has 0 atom stereocenters. The number of nitrogens with one attached hydrogen (secondary N) is 2. The van der Waals surface area contributed by atoms with Crippen molar-refractivity contribution in [3.05, 3.63) is 127 Å². The van der Waals surface area contributed by atoms with E-state index < -0.39 is 0 Å². The lowest BCUT2D eigenvalue weighted by atomic mass is 9.91. The maximum atomic E-state index is 3.59. The molecular formula is C29H24N2. The molecule has 0 heterocycles. The van der Waals surface area contributed by atoms with Crippen LogP contribution in [0.3, 0.4) is 0 Å². The number of rotatable bonds is 6. The summed E-state index contributed by atoms with van der Waals surface area (Å²) in [5, 5.41) is 12.0. The fourth-order valence-corrected chi connectivity index (χ4v) is 4.15. The van der Waals surface area contributed by atoms with E-state index in [-0.39, 0.29) is 0 Å². The van der Waals surface area contributed by atoms with Crippen molar-refractivity contribution in [1.82, 2.24) is 5.32 Å². The summed E-state index contributed by atoms with van der Waals surface area (Å²) in [6, 6.07) is 38.3. The smallest absolute Gasteiger partial charge is 0.0546 e. The molecule has 0 radical (unpaired) electrons. The Labute approximate surface area is 182 Å². The van der Waals surface area contributed by atoms with Gasteiger partial charge in [-0.3, -0.25) is 0 Å². The minimum absolute atomic E-state index is 0.795. The molecule has 0 unspecified atom stereocenters. The van der Waals surface area contributed by atoms with Gasteiger partial charge in [-0.1, -0.05) is 109 Å². The Balaban J connectivity index is 1.57. The van der Waals surface area contributed by atoms with Gasteiger partial charge in [0.15, 0.2) is 0 Å². The minimum Gasteiger partial charge on any atom is -0.386 e. The van der Waals surface area contributed by atoms with Gasteiger partial charge in [-0.15, -0.1) is 0 Å². The van der Waals surface area contributed by atoms with Crippen LogP contribution in [0.1, 0.15) is 5.56 Å². The summed E-state index contributed by atoms with van der Waals surface area (Å²) in [4.78, 5) is 0. The standard InChI is InChI=1S/C29H24N2/c1-3-11-22(12-4-1)21-30-19-20-31-29-27-18-10-8-16-25(27)24-15-7-9-17-26(24)28(29)23-13-5-2-6-14-23/h1-20,30-31H,21H2/b20-19+. The number of benzene rings is 5. The van der Waals surface area contributed by atoms with E-state index in [9.17, 15) is 0 Å². The highest BCUT2D eigenvalue weighted by Gasteiger charge is 2.14. The third-order valence-electron chi connectivity index (χ3n) is 5.57. The summed E-state index contributed by atoms with van der Waals surface area (Å²) < 4.78 is 0. The monoisotopic (exact) mass is 400 g/mol. The topological polar surface area (TPSA) is 24.1 Å². The van der Waals surface area contributed by atoms with Gasteiger partial charge < -0.3 is 10.6 Å². The van der Waals surface area contributed by atoms with Crippen molar-refractivity contribution in [3.63, 3.8) is 0 Å². The molecule has 150 valence electrons. The zero-order valence-corrected chi connectivity index (χ0v) is 17.3. The maximum Gasteiger partial charge on any atom is 0.0546 e. The van der Waals surface area contributed by atoms with E-state index in [1.807, 2.05) is 18.5 Å². The predicted octanol–water partition coefficient (Wildman–Crippen LogP) is 7.33. The molecule has 0 aliphatic rings. The van der Waals surface area contributed by atoms with Crippen LogP contribution in [-0.4, -0.2) is 0 Å². The first-order chi connectivity index (χ1) is 15.4. The summed E-state index contributed by atoms with van der Waals surface area (Å²) in [6.07, 6.45) is 3.97. The SMILES string of the molecule is C(=C\Nc1c(-c2ccccc2)c2ccccc2c2ccccc12)/NCc1ccccc1. The molecule has 0 amide bonds. The second-order valence-corrected chi connectivity index (χ2v) is 7.55. The number of hydrogen-bond donors (Lipinski definition) is 2. The lowest BCUT2D eigenvalue weighted by molar-refractivity contribution is 0.869. The van der Waals surface area contributed by atoms with Crippen LogP contribution in [0.25, 0.3) is 32.7 Å². The zero-order chi connectivity index (χ0) is 20.9. The molecule has 0 saturated heterocycles. The molecule has 5 aromatic rings. The van der Waals surface area contributed by atoms with Gasteiger partial charge in [0.05, 0.1) is 5.69 Å². The molecule has 0 aliphatic carbocycles. The molecule has 5 aromatic carbocycles. The van der Waals surface area contributed by atoms with Gasteiger partial charge >= 0.3 is 0 Å². The lowest BCUT2D eigenvalue weighted by Gasteiger charge is -2.18. The van der Waals surface area contributed by atoms with Crippen molar-refractivity contribution >= 4 is 27.2 Å². The second kappa shape index (κ2) is 8.76. The van der Waals surface area contributed by atoms with E-state index in [0.717, 1.165) is 12.2 Å². The maximum absolute atomic E-state index is 3.59. The van der Waals surface area contributed by atoms with Gasteiger partial charge in [0.25, 0.3) is 0 Å². The fraction of sp³-hybridized carbons (Fsp3) is 0.0345. The fourth-order valence-electron chi connectivity index (χ4n) is 4.15.